The first kappa shape index (κ1) is 14.0. The van der Waals surface area contributed by atoms with E-state index in [0.717, 1.165) is 25.8 Å². The molecule has 3 heteroatoms. The molecule has 86 valence electrons. The van der Waals surface area contributed by atoms with Crippen molar-refractivity contribution in [2.24, 2.45) is 5.92 Å². The molecule has 0 radical (unpaired) electrons. The lowest BCUT2D eigenvalue weighted by Gasteiger charge is -2.22. The van der Waals surface area contributed by atoms with Crippen molar-refractivity contribution in [2.45, 2.75) is 46.5 Å². The number of carbonyl (C=O) groups excluding carboxylic acids is 1. The van der Waals surface area contributed by atoms with Crippen LogP contribution in [0.3, 0.4) is 0 Å². The number of hydrogen-bond acceptors (Lipinski definition) is 2. The molecular formula is C12H22N2O. The largest absolute Gasteiger partial charge is 0.342 e. The predicted molar refractivity (Wildman–Crippen MR) is 61.2 cm³/mol. The maximum atomic E-state index is 11.9. The number of carbonyl (C=O) groups is 1. The van der Waals surface area contributed by atoms with Crippen LogP contribution < -0.4 is 0 Å². The molecule has 1 unspecified atom stereocenters. The summed E-state index contributed by atoms with van der Waals surface area (Å²) in [6.45, 7) is 7.56. The molecule has 0 bridgehead atoms. The number of nitrogens with zero attached hydrogens (tertiary/aromatic N) is 2. The van der Waals surface area contributed by atoms with E-state index in [0.29, 0.717) is 13.0 Å². The van der Waals surface area contributed by atoms with Crippen molar-refractivity contribution in [3.8, 4) is 6.07 Å². The van der Waals surface area contributed by atoms with Crippen LogP contribution >= 0.6 is 0 Å². The van der Waals surface area contributed by atoms with Gasteiger partial charge in [-0.3, -0.25) is 4.79 Å². The van der Waals surface area contributed by atoms with Crippen LogP contribution in [0.2, 0.25) is 0 Å². The van der Waals surface area contributed by atoms with Gasteiger partial charge in [-0.1, -0.05) is 26.7 Å². The van der Waals surface area contributed by atoms with Gasteiger partial charge in [-0.25, -0.2) is 0 Å². The Kier molecular flexibility index (Phi) is 7.71. The Balaban J connectivity index is 4.28. The van der Waals surface area contributed by atoms with E-state index in [1.807, 2.05) is 13.8 Å². The van der Waals surface area contributed by atoms with E-state index >= 15 is 0 Å². The van der Waals surface area contributed by atoms with Gasteiger partial charge < -0.3 is 4.90 Å². The van der Waals surface area contributed by atoms with Crippen LogP contribution in [0.1, 0.15) is 46.5 Å². The summed E-state index contributed by atoms with van der Waals surface area (Å²) in [5.74, 6) is -0.429. The highest BCUT2D eigenvalue weighted by molar-refractivity contribution is 5.81. The van der Waals surface area contributed by atoms with Crippen molar-refractivity contribution >= 4 is 5.91 Å². The van der Waals surface area contributed by atoms with Gasteiger partial charge in [0, 0.05) is 13.1 Å². The molecule has 0 saturated heterocycles. The minimum absolute atomic E-state index is 0.00954. The Bertz CT molecular complexity index is 220. The normalized spacial score (nSPS) is 11.9. The van der Waals surface area contributed by atoms with Crippen molar-refractivity contribution in [3.05, 3.63) is 0 Å². The maximum absolute atomic E-state index is 11.9. The van der Waals surface area contributed by atoms with Gasteiger partial charge in [0.05, 0.1) is 6.07 Å². The Morgan fingerprint density at radius 1 is 1.33 bits per heavy atom. The van der Waals surface area contributed by atoms with E-state index in [1.165, 1.54) is 0 Å². The molecule has 3 nitrogen and oxygen atoms in total. The molecule has 1 amide bonds. The SMILES string of the molecule is CCCCN(CC)C(=O)C(C#N)CCC. The molecule has 0 aliphatic heterocycles. The van der Waals surface area contributed by atoms with E-state index in [1.54, 1.807) is 4.90 Å². The highest BCUT2D eigenvalue weighted by atomic mass is 16.2. The zero-order valence-electron chi connectivity index (χ0n) is 10.1. The summed E-state index contributed by atoms with van der Waals surface area (Å²) < 4.78 is 0. The number of nitriles is 1. The monoisotopic (exact) mass is 210 g/mol. The second kappa shape index (κ2) is 8.28. The molecule has 0 N–H and O–H groups in total. The average Bonchev–Trinajstić information content (AvgIpc) is 2.26. The van der Waals surface area contributed by atoms with Crippen LogP contribution in [0.25, 0.3) is 0 Å². The van der Waals surface area contributed by atoms with Crippen LogP contribution in [0, 0.1) is 17.2 Å². The first-order valence-corrected chi connectivity index (χ1v) is 5.89. The lowest BCUT2D eigenvalue weighted by molar-refractivity contribution is -0.133. The molecule has 0 saturated carbocycles. The van der Waals surface area contributed by atoms with Gasteiger partial charge in [0.1, 0.15) is 5.92 Å². The first-order chi connectivity index (χ1) is 7.21. The van der Waals surface area contributed by atoms with Gasteiger partial charge in [0.2, 0.25) is 5.91 Å². The molecule has 0 aliphatic rings. The predicted octanol–water partition coefficient (Wildman–Crippen LogP) is 2.57. The Hall–Kier alpha value is -1.04. The summed E-state index contributed by atoms with van der Waals surface area (Å²) >= 11 is 0. The summed E-state index contributed by atoms with van der Waals surface area (Å²) in [7, 11) is 0. The van der Waals surface area contributed by atoms with Crippen LogP contribution in [0.15, 0.2) is 0 Å². The van der Waals surface area contributed by atoms with Gasteiger partial charge in [-0.2, -0.15) is 5.26 Å². The fourth-order valence-corrected chi connectivity index (χ4v) is 1.53. The van der Waals surface area contributed by atoms with Crippen molar-refractivity contribution in [1.82, 2.24) is 4.90 Å². The maximum Gasteiger partial charge on any atom is 0.239 e. The van der Waals surface area contributed by atoms with Gasteiger partial charge in [-0.05, 0) is 19.8 Å². The second-order valence-electron chi connectivity index (χ2n) is 3.74. The number of rotatable bonds is 7. The molecule has 0 spiro atoms. The Morgan fingerprint density at radius 2 is 2.00 bits per heavy atom. The summed E-state index contributed by atoms with van der Waals surface area (Å²) in [6.07, 6.45) is 3.66. The zero-order chi connectivity index (χ0) is 11.7. The second-order valence-corrected chi connectivity index (χ2v) is 3.74. The quantitative estimate of drug-likeness (QED) is 0.648. The molecule has 0 aromatic carbocycles. The van der Waals surface area contributed by atoms with Crippen LogP contribution in [-0.2, 0) is 4.79 Å². The minimum Gasteiger partial charge on any atom is -0.342 e. The third-order valence-electron chi connectivity index (χ3n) is 2.51. The average molecular weight is 210 g/mol. The van der Waals surface area contributed by atoms with Gasteiger partial charge in [0.25, 0.3) is 0 Å². The highest BCUT2D eigenvalue weighted by Gasteiger charge is 2.21. The van der Waals surface area contributed by atoms with E-state index in [2.05, 4.69) is 13.0 Å². The smallest absolute Gasteiger partial charge is 0.239 e. The summed E-state index contributed by atoms with van der Waals surface area (Å²) in [5.41, 5.74) is 0. The highest BCUT2D eigenvalue weighted by Crippen LogP contribution is 2.10. The zero-order valence-corrected chi connectivity index (χ0v) is 10.1. The minimum atomic E-state index is -0.438. The molecular weight excluding hydrogens is 188 g/mol. The molecule has 0 aromatic rings. The Labute approximate surface area is 93.1 Å². The molecule has 0 heterocycles. The molecule has 0 fully saturated rings. The van der Waals surface area contributed by atoms with Gasteiger partial charge in [-0.15, -0.1) is 0 Å². The van der Waals surface area contributed by atoms with E-state index in [9.17, 15) is 4.79 Å². The molecule has 0 aromatic heterocycles. The van der Waals surface area contributed by atoms with Crippen LogP contribution in [0.5, 0.6) is 0 Å². The Morgan fingerprint density at radius 3 is 2.40 bits per heavy atom. The summed E-state index contributed by atoms with van der Waals surface area (Å²) in [5, 5.41) is 8.90. The lowest BCUT2D eigenvalue weighted by atomic mass is 10.0. The summed E-state index contributed by atoms with van der Waals surface area (Å²) in [4.78, 5) is 13.7. The third kappa shape index (κ3) is 4.83. The summed E-state index contributed by atoms with van der Waals surface area (Å²) in [6, 6.07) is 2.10. The molecule has 0 rings (SSSR count). The number of hydrogen-bond donors (Lipinski definition) is 0. The standard InChI is InChI=1S/C12H22N2O/c1-4-7-9-14(6-3)12(15)11(10-13)8-5-2/h11H,4-9H2,1-3H3. The van der Waals surface area contributed by atoms with E-state index in [-0.39, 0.29) is 5.91 Å². The van der Waals surface area contributed by atoms with Crippen molar-refractivity contribution in [1.29, 1.82) is 5.26 Å². The molecule has 0 aliphatic carbocycles. The van der Waals surface area contributed by atoms with Crippen molar-refractivity contribution in [2.75, 3.05) is 13.1 Å². The third-order valence-corrected chi connectivity index (χ3v) is 2.51. The van der Waals surface area contributed by atoms with Gasteiger partial charge >= 0.3 is 0 Å². The van der Waals surface area contributed by atoms with E-state index in [4.69, 9.17) is 5.26 Å². The van der Waals surface area contributed by atoms with E-state index < -0.39 is 5.92 Å². The van der Waals surface area contributed by atoms with Crippen LogP contribution in [0.4, 0.5) is 0 Å². The fourth-order valence-electron chi connectivity index (χ4n) is 1.53. The number of unbranched alkanes of at least 4 members (excludes halogenated alkanes) is 1. The topological polar surface area (TPSA) is 44.1 Å². The molecule has 1 atom stereocenters. The number of amides is 1. The van der Waals surface area contributed by atoms with Crippen molar-refractivity contribution in [3.63, 3.8) is 0 Å². The van der Waals surface area contributed by atoms with Crippen molar-refractivity contribution < 1.29 is 4.79 Å². The van der Waals surface area contributed by atoms with Crippen LogP contribution in [-0.4, -0.2) is 23.9 Å². The molecule has 15 heavy (non-hydrogen) atoms. The fraction of sp³-hybridized carbons (Fsp3) is 0.833. The first-order valence-electron chi connectivity index (χ1n) is 5.89. The van der Waals surface area contributed by atoms with Gasteiger partial charge in [0.15, 0.2) is 0 Å². The lowest BCUT2D eigenvalue weighted by Crippen LogP contribution is -2.36.